The molecule has 0 saturated carbocycles. The van der Waals surface area contributed by atoms with E-state index in [1.165, 1.54) is 24.3 Å². The zero-order valence-electron chi connectivity index (χ0n) is 21.6. The molecule has 0 fully saturated rings. The predicted molar refractivity (Wildman–Crippen MR) is 91.5 cm³/mol. The highest BCUT2D eigenvalue weighted by Gasteiger charge is 2.80. The maximum Gasteiger partial charge on any atom is 0.453 e. The first kappa shape index (κ1) is 46.0. The van der Waals surface area contributed by atoms with E-state index in [-0.39, 0.29) is 0 Å². The van der Waals surface area contributed by atoms with Crippen molar-refractivity contribution < 1.29 is 139 Å². The van der Waals surface area contributed by atoms with Crippen LogP contribution in [0.1, 0.15) is 6.92 Å². The van der Waals surface area contributed by atoms with Crippen molar-refractivity contribution in [2.45, 2.75) is 80.2 Å². The molecule has 0 unspecified atom stereocenters. The van der Waals surface area contributed by atoms with E-state index in [0.717, 1.165) is 0 Å². The molecule has 0 aliphatic heterocycles. The lowest BCUT2D eigenvalue weighted by molar-refractivity contribution is -0.593. The number of ether oxygens (including phenoxy) is 6. The summed E-state index contributed by atoms with van der Waals surface area (Å²) in [6, 6.07) is 0. The monoisotopic (exact) mass is 785 g/mol. The van der Waals surface area contributed by atoms with Crippen molar-refractivity contribution in [3.05, 3.63) is 0 Å². The largest absolute Gasteiger partial charge is 0.453 e. The minimum absolute atomic E-state index is 0.820. The van der Waals surface area contributed by atoms with Crippen molar-refractivity contribution >= 4 is 0 Å². The highest BCUT2D eigenvalue weighted by Crippen LogP contribution is 2.53. The molecule has 2 N–H and O–H groups in total. The van der Waals surface area contributed by atoms with E-state index in [4.69, 9.17) is 5.11 Å². The first-order valence-corrected chi connectivity index (χ1v) is 10.6. The zero-order valence-corrected chi connectivity index (χ0v) is 21.6. The van der Waals surface area contributed by atoms with E-state index in [1.54, 1.807) is 0 Å². The second-order valence-electron chi connectivity index (χ2n) is 8.13. The lowest BCUT2D eigenvalue weighted by Gasteiger charge is -2.37. The molecule has 0 aromatic rings. The van der Waals surface area contributed by atoms with Crippen LogP contribution in [-0.2, 0) is 28.4 Å². The van der Waals surface area contributed by atoms with Gasteiger partial charge >= 0.3 is 73.3 Å². The molecule has 0 aromatic carbocycles. The molecule has 0 amide bonds. The van der Waals surface area contributed by atoms with Gasteiger partial charge in [-0.25, -0.2) is 28.4 Å². The number of hydrogen-bond donors (Lipinski definition) is 2. The van der Waals surface area contributed by atoms with Crippen LogP contribution in [0.25, 0.3) is 0 Å². The molecule has 0 atom stereocenters. The fourth-order valence-corrected chi connectivity index (χ4v) is 2.00. The summed E-state index contributed by atoms with van der Waals surface area (Å²) >= 11 is 0. The molecular formula is C16H11F24NO7. The van der Waals surface area contributed by atoms with Crippen LogP contribution in [0.3, 0.4) is 0 Å². The molecule has 0 spiro atoms. The molecule has 0 saturated heterocycles. The molecule has 290 valence electrons. The molecule has 48 heavy (non-hydrogen) atoms. The van der Waals surface area contributed by atoms with Gasteiger partial charge in [0.2, 0.25) is 0 Å². The number of aliphatic hydroxyl groups excluding tert-OH is 1. The van der Waals surface area contributed by atoms with Crippen LogP contribution in [0.15, 0.2) is 0 Å². The Morgan fingerprint density at radius 3 is 0.792 bits per heavy atom. The van der Waals surface area contributed by atoms with Crippen LogP contribution in [0, 0.1) is 0 Å². The van der Waals surface area contributed by atoms with Crippen LogP contribution < -0.4 is 5.32 Å². The smallest absolute Gasteiger partial charge is 0.395 e. The predicted octanol–water partition coefficient (Wildman–Crippen LogP) is 6.80. The van der Waals surface area contributed by atoms with Crippen molar-refractivity contribution in [1.29, 1.82) is 0 Å². The Morgan fingerprint density at radius 1 is 0.375 bits per heavy atom. The van der Waals surface area contributed by atoms with Crippen molar-refractivity contribution in [2.75, 3.05) is 19.7 Å². The van der Waals surface area contributed by atoms with Crippen LogP contribution in [-0.4, -0.2) is 98.1 Å². The Hall–Kier alpha value is -2.00. The Kier molecular flexibility index (Phi) is 13.0. The van der Waals surface area contributed by atoms with Crippen molar-refractivity contribution in [2.24, 2.45) is 0 Å². The van der Waals surface area contributed by atoms with Gasteiger partial charge in [0.15, 0.2) is 0 Å². The van der Waals surface area contributed by atoms with Gasteiger partial charge in [0.25, 0.3) is 0 Å². The summed E-state index contributed by atoms with van der Waals surface area (Å²) in [6.07, 6.45) is -88.6. The fraction of sp³-hybridized carbons (Fsp3) is 1.00. The SMILES string of the molecule is CC(F)(F)OC(F)(F)C(F)(F)OC(F)(F)C(F)(F)OC(F)(F)C(F)(F)OC(F)(F)C(F)(F)OC(F)(F)C(F)(F)OC(F)(F)CNCCO. The summed E-state index contributed by atoms with van der Waals surface area (Å²) in [5.41, 5.74) is 0. The highest BCUT2D eigenvalue weighted by atomic mass is 19.4. The third-order valence-corrected chi connectivity index (χ3v) is 3.92. The average molecular weight is 785 g/mol. The first-order chi connectivity index (χ1) is 20.6. The number of halogens is 24. The van der Waals surface area contributed by atoms with Gasteiger partial charge in [0.1, 0.15) is 0 Å². The summed E-state index contributed by atoms with van der Waals surface area (Å²) in [7, 11) is 0. The Morgan fingerprint density at radius 2 is 0.583 bits per heavy atom. The molecule has 0 bridgehead atoms. The van der Waals surface area contributed by atoms with Gasteiger partial charge < -0.3 is 10.4 Å². The number of alkyl halides is 24. The average Bonchev–Trinajstić information content (AvgIpc) is 2.73. The van der Waals surface area contributed by atoms with Gasteiger partial charge in [-0.05, 0) is 0 Å². The minimum Gasteiger partial charge on any atom is -0.395 e. The molecule has 0 rings (SSSR count). The summed E-state index contributed by atoms with van der Waals surface area (Å²) in [5.74, 6) is 0. The number of hydrogen-bond acceptors (Lipinski definition) is 8. The number of rotatable bonds is 21. The normalized spacial score (nSPS) is 16.1. The molecule has 0 heterocycles. The van der Waals surface area contributed by atoms with E-state index in [2.05, 4.69) is 4.74 Å². The molecule has 32 heteroatoms. The maximum absolute atomic E-state index is 13.5. The van der Waals surface area contributed by atoms with Crippen molar-refractivity contribution in [1.82, 2.24) is 5.32 Å². The number of aliphatic hydroxyl groups is 1. The van der Waals surface area contributed by atoms with Crippen molar-refractivity contribution in [3.8, 4) is 0 Å². The van der Waals surface area contributed by atoms with E-state index in [1.807, 2.05) is 4.74 Å². The number of nitrogens with one attached hydrogen (secondary N) is 1. The Bertz CT molecular complexity index is 1060. The van der Waals surface area contributed by atoms with Crippen LogP contribution in [0.4, 0.5) is 105 Å². The minimum atomic E-state index is -8.11. The quantitative estimate of drug-likeness (QED) is 0.0972. The van der Waals surface area contributed by atoms with Crippen LogP contribution in [0.5, 0.6) is 0 Å². The van der Waals surface area contributed by atoms with Gasteiger partial charge in [-0.3, -0.25) is 0 Å². The van der Waals surface area contributed by atoms with Gasteiger partial charge in [-0.2, -0.15) is 105 Å². The summed E-state index contributed by atoms with van der Waals surface area (Å²) in [5, 5.41) is 9.59. The van der Waals surface area contributed by atoms with Gasteiger partial charge in [-0.1, -0.05) is 0 Å². The van der Waals surface area contributed by atoms with E-state index in [0.29, 0.717) is 0 Å². The first-order valence-electron chi connectivity index (χ1n) is 10.6. The van der Waals surface area contributed by atoms with Crippen LogP contribution in [0.2, 0.25) is 0 Å². The molecule has 0 aliphatic rings. The fourth-order valence-electron chi connectivity index (χ4n) is 2.00. The Balaban J connectivity index is 6.16. The third kappa shape index (κ3) is 11.3. The second-order valence-corrected chi connectivity index (χ2v) is 8.13. The summed E-state index contributed by atoms with van der Waals surface area (Å²) < 4.78 is 327. The third-order valence-electron chi connectivity index (χ3n) is 3.92. The van der Waals surface area contributed by atoms with Crippen molar-refractivity contribution in [3.63, 3.8) is 0 Å². The lowest BCUT2D eigenvalue weighted by atomic mass is 10.4. The molecule has 0 aromatic heterocycles. The summed E-state index contributed by atoms with van der Waals surface area (Å²) in [4.78, 5) is 0. The molecule has 8 nitrogen and oxygen atoms in total. The molecule has 0 radical (unpaired) electrons. The highest BCUT2D eigenvalue weighted by molar-refractivity contribution is 4.82. The van der Waals surface area contributed by atoms with Gasteiger partial charge in [0, 0.05) is 13.5 Å². The van der Waals surface area contributed by atoms with E-state index in [9.17, 15) is 105 Å². The topological polar surface area (TPSA) is 87.6 Å². The zero-order chi connectivity index (χ0) is 39.1. The molecule has 0 aliphatic carbocycles. The van der Waals surface area contributed by atoms with Gasteiger partial charge in [-0.15, -0.1) is 0 Å². The Labute approximate surface area is 245 Å². The lowest BCUT2D eigenvalue weighted by Crippen LogP contribution is -2.62. The van der Waals surface area contributed by atoms with E-state index < -0.39 is 99.9 Å². The molecular weight excluding hydrogens is 774 g/mol. The van der Waals surface area contributed by atoms with Gasteiger partial charge in [0.05, 0.1) is 13.2 Å². The van der Waals surface area contributed by atoms with E-state index >= 15 is 0 Å². The standard InChI is InChI=1S/C16H11F24NO7/c1-5(17,18)43-7(21,22)9(25,26)45-11(29,30)13(33,34)47-15(37,38)16(39,40)48-14(35,36)12(31,32)46-10(27,28)8(23,24)44-6(19,20)4-41-2-3-42/h41-42H,2-4H2,1H3. The maximum atomic E-state index is 13.5. The summed E-state index contributed by atoms with van der Waals surface area (Å²) in [6.45, 7) is -5.06. The van der Waals surface area contributed by atoms with Crippen LogP contribution >= 0.6 is 0 Å². The second kappa shape index (κ2) is 13.6.